The molecule has 0 aliphatic carbocycles. The summed E-state index contributed by atoms with van der Waals surface area (Å²) in [6, 6.07) is 0. The van der Waals surface area contributed by atoms with E-state index in [1.165, 1.54) is 0 Å². The molecule has 0 aliphatic rings. The van der Waals surface area contributed by atoms with Crippen molar-refractivity contribution in [3.8, 4) is 0 Å². The van der Waals surface area contributed by atoms with Crippen molar-refractivity contribution in [1.82, 2.24) is 10.7 Å². The number of ether oxygens (including phenoxy) is 1. The van der Waals surface area contributed by atoms with Gasteiger partial charge in [-0.3, -0.25) is 10.2 Å². The van der Waals surface area contributed by atoms with Gasteiger partial charge in [-0.05, 0) is 20.8 Å². The summed E-state index contributed by atoms with van der Waals surface area (Å²) in [6.45, 7) is 5.50. The van der Waals surface area contributed by atoms with Gasteiger partial charge in [-0.1, -0.05) is 0 Å². The van der Waals surface area contributed by atoms with Crippen molar-refractivity contribution in [3.63, 3.8) is 0 Å². The second kappa shape index (κ2) is 5.43. The Kier molecular flexibility index (Phi) is 4.93. The number of carbonyl (C=O) groups is 2. The lowest BCUT2D eigenvalue weighted by Crippen LogP contribution is -2.36. The van der Waals surface area contributed by atoms with Gasteiger partial charge in [0.05, 0.1) is 0 Å². The molecule has 0 spiro atoms. The Labute approximate surface area is 83.1 Å². The first-order valence-electron chi connectivity index (χ1n) is 4.31. The lowest BCUT2D eigenvalue weighted by atomic mass is 10.2. The van der Waals surface area contributed by atoms with E-state index in [4.69, 9.17) is 10.6 Å². The molecule has 0 unspecified atom stereocenters. The number of hydrogen-bond donors (Lipinski definition) is 3. The summed E-state index contributed by atoms with van der Waals surface area (Å²) in [5.74, 6) is 4.51. The molecular formula is C8H17N3O3. The average molecular weight is 203 g/mol. The van der Waals surface area contributed by atoms with Crippen molar-refractivity contribution in [2.75, 3.05) is 6.54 Å². The van der Waals surface area contributed by atoms with Gasteiger partial charge in [-0.2, -0.15) is 0 Å². The van der Waals surface area contributed by atoms with Crippen molar-refractivity contribution in [1.29, 1.82) is 0 Å². The average Bonchev–Trinajstić information content (AvgIpc) is 2.00. The molecule has 0 atom stereocenters. The number of nitrogens with one attached hydrogen (secondary N) is 2. The second-order valence-corrected chi connectivity index (χ2v) is 3.75. The van der Waals surface area contributed by atoms with Crippen LogP contribution in [0.4, 0.5) is 4.79 Å². The fraction of sp³-hybridized carbons (Fsp3) is 0.750. The standard InChI is InChI=1S/C8H17N3O3/c1-8(2,3)14-7(13)10-5-4-6(12)11-9/h4-5,9H2,1-3H3,(H,10,13)(H,11,12). The molecule has 2 amide bonds. The molecule has 0 saturated heterocycles. The number of hydrogen-bond acceptors (Lipinski definition) is 4. The van der Waals surface area contributed by atoms with Crippen LogP contribution in [0.3, 0.4) is 0 Å². The summed E-state index contributed by atoms with van der Waals surface area (Å²) >= 11 is 0. The Morgan fingerprint density at radius 1 is 1.36 bits per heavy atom. The van der Waals surface area contributed by atoms with Gasteiger partial charge in [0, 0.05) is 13.0 Å². The Morgan fingerprint density at radius 3 is 2.36 bits per heavy atom. The molecule has 6 nitrogen and oxygen atoms in total. The van der Waals surface area contributed by atoms with Crippen LogP contribution in [0.2, 0.25) is 0 Å². The monoisotopic (exact) mass is 203 g/mol. The smallest absolute Gasteiger partial charge is 0.407 e. The van der Waals surface area contributed by atoms with Crippen LogP contribution in [0, 0.1) is 0 Å². The third kappa shape index (κ3) is 7.35. The highest BCUT2D eigenvalue weighted by atomic mass is 16.6. The predicted molar refractivity (Wildman–Crippen MR) is 51.2 cm³/mol. The van der Waals surface area contributed by atoms with E-state index in [-0.39, 0.29) is 18.9 Å². The zero-order valence-corrected chi connectivity index (χ0v) is 8.72. The minimum atomic E-state index is -0.540. The Balaban J connectivity index is 3.60. The molecule has 14 heavy (non-hydrogen) atoms. The van der Waals surface area contributed by atoms with Crippen molar-refractivity contribution in [2.45, 2.75) is 32.8 Å². The molecule has 0 fully saturated rings. The zero-order valence-electron chi connectivity index (χ0n) is 8.72. The van der Waals surface area contributed by atoms with E-state index in [0.717, 1.165) is 0 Å². The van der Waals surface area contributed by atoms with Crippen LogP contribution in [0.5, 0.6) is 0 Å². The minimum absolute atomic E-state index is 0.135. The molecule has 0 saturated carbocycles. The van der Waals surface area contributed by atoms with Crippen LogP contribution in [0.25, 0.3) is 0 Å². The Bertz CT molecular complexity index is 210. The van der Waals surface area contributed by atoms with Crippen molar-refractivity contribution in [3.05, 3.63) is 0 Å². The number of hydrazine groups is 1. The Morgan fingerprint density at radius 2 is 1.93 bits per heavy atom. The van der Waals surface area contributed by atoms with E-state index in [2.05, 4.69) is 5.32 Å². The molecule has 6 heteroatoms. The van der Waals surface area contributed by atoms with Crippen LogP contribution in [-0.2, 0) is 9.53 Å². The topological polar surface area (TPSA) is 93.4 Å². The SMILES string of the molecule is CC(C)(C)OC(=O)NCCC(=O)NN. The molecular weight excluding hydrogens is 186 g/mol. The number of alkyl carbamates (subject to hydrolysis) is 1. The third-order valence-corrected chi connectivity index (χ3v) is 1.18. The third-order valence-electron chi connectivity index (χ3n) is 1.18. The lowest BCUT2D eigenvalue weighted by Gasteiger charge is -2.19. The van der Waals surface area contributed by atoms with Gasteiger partial charge in [0.25, 0.3) is 0 Å². The molecule has 0 aromatic heterocycles. The van der Waals surface area contributed by atoms with Gasteiger partial charge < -0.3 is 10.1 Å². The quantitative estimate of drug-likeness (QED) is 0.339. The molecule has 0 rings (SSSR count). The van der Waals surface area contributed by atoms with Crippen molar-refractivity contribution in [2.24, 2.45) is 5.84 Å². The fourth-order valence-electron chi connectivity index (χ4n) is 0.664. The Hall–Kier alpha value is -1.30. The highest BCUT2D eigenvalue weighted by Crippen LogP contribution is 2.06. The number of rotatable bonds is 3. The normalized spacial score (nSPS) is 10.6. The fourth-order valence-corrected chi connectivity index (χ4v) is 0.664. The van der Waals surface area contributed by atoms with Gasteiger partial charge >= 0.3 is 6.09 Å². The summed E-state index contributed by atoms with van der Waals surface area (Å²) in [4.78, 5) is 21.7. The van der Waals surface area contributed by atoms with Crippen molar-refractivity contribution < 1.29 is 14.3 Å². The van der Waals surface area contributed by atoms with E-state index in [1.807, 2.05) is 5.43 Å². The highest BCUT2D eigenvalue weighted by molar-refractivity contribution is 5.76. The number of carbonyl (C=O) groups excluding carboxylic acids is 2. The molecule has 0 aromatic carbocycles. The maximum atomic E-state index is 11.0. The van der Waals surface area contributed by atoms with E-state index >= 15 is 0 Å². The largest absolute Gasteiger partial charge is 0.444 e. The van der Waals surface area contributed by atoms with Gasteiger partial charge in [-0.25, -0.2) is 10.6 Å². The van der Waals surface area contributed by atoms with Crippen molar-refractivity contribution >= 4 is 12.0 Å². The van der Waals surface area contributed by atoms with Crippen LogP contribution in [-0.4, -0.2) is 24.1 Å². The van der Waals surface area contributed by atoms with E-state index in [0.29, 0.717) is 0 Å². The highest BCUT2D eigenvalue weighted by Gasteiger charge is 2.15. The molecule has 82 valence electrons. The van der Waals surface area contributed by atoms with Gasteiger partial charge in [-0.15, -0.1) is 0 Å². The maximum Gasteiger partial charge on any atom is 0.407 e. The molecule has 4 N–H and O–H groups in total. The summed E-state index contributed by atoms with van der Waals surface area (Å²) in [7, 11) is 0. The number of amides is 2. The molecule has 0 bridgehead atoms. The second-order valence-electron chi connectivity index (χ2n) is 3.75. The lowest BCUT2D eigenvalue weighted by molar-refractivity contribution is -0.121. The van der Waals surface area contributed by atoms with Crippen LogP contribution in [0.15, 0.2) is 0 Å². The van der Waals surface area contributed by atoms with Crippen LogP contribution < -0.4 is 16.6 Å². The van der Waals surface area contributed by atoms with E-state index in [1.54, 1.807) is 20.8 Å². The van der Waals surface area contributed by atoms with Gasteiger partial charge in [0.2, 0.25) is 5.91 Å². The van der Waals surface area contributed by atoms with Gasteiger partial charge in [0.15, 0.2) is 0 Å². The first kappa shape index (κ1) is 12.7. The summed E-state index contributed by atoms with van der Waals surface area (Å²) in [5.41, 5.74) is 1.43. The minimum Gasteiger partial charge on any atom is -0.444 e. The summed E-state index contributed by atoms with van der Waals surface area (Å²) < 4.78 is 4.94. The van der Waals surface area contributed by atoms with Crippen LogP contribution in [0.1, 0.15) is 27.2 Å². The summed E-state index contributed by atoms with van der Waals surface area (Å²) in [5, 5.41) is 2.43. The van der Waals surface area contributed by atoms with E-state index < -0.39 is 11.7 Å². The zero-order chi connectivity index (χ0) is 11.2. The molecule has 0 aliphatic heterocycles. The number of nitrogens with two attached hydrogens (primary N) is 1. The maximum absolute atomic E-state index is 11.0. The predicted octanol–water partition coefficient (Wildman–Crippen LogP) is -0.109. The molecule has 0 heterocycles. The summed E-state index contributed by atoms with van der Waals surface area (Å²) in [6.07, 6.45) is -0.405. The van der Waals surface area contributed by atoms with Crippen LogP contribution >= 0.6 is 0 Å². The first-order chi connectivity index (χ1) is 6.35. The molecule has 0 radical (unpaired) electrons. The first-order valence-corrected chi connectivity index (χ1v) is 4.31. The van der Waals surface area contributed by atoms with Gasteiger partial charge in [0.1, 0.15) is 5.60 Å². The molecule has 0 aromatic rings. The van der Waals surface area contributed by atoms with E-state index in [9.17, 15) is 9.59 Å².